The highest BCUT2D eigenvalue weighted by Crippen LogP contribution is 2.19. The quantitative estimate of drug-likeness (QED) is 0.624. The standard InChI is InChI=1S/C22H21BrN2O2/c1-15(16-9-11-19(23)12-10-16)25-22(27)14-24-21(26)13-18-7-4-6-17-5-2-3-8-20(17)18/h2-12,15H,13-14H2,1H3,(H,24,26)(H,25,27). The third-order valence-electron chi connectivity index (χ3n) is 4.42. The van der Waals surface area contributed by atoms with E-state index >= 15 is 0 Å². The van der Waals surface area contributed by atoms with Crippen LogP contribution in [0.5, 0.6) is 0 Å². The van der Waals surface area contributed by atoms with E-state index in [1.54, 1.807) is 0 Å². The minimum Gasteiger partial charge on any atom is -0.348 e. The van der Waals surface area contributed by atoms with Crippen LogP contribution in [0.4, 0.5) is 0 Å². The molecule has 4 nitrogen and oxygen atoms in total. The lowest BCUT2D eigenvalue weighted by atomic mass is 10.0. The van der Waals surface area contributed by atoms with Gasteiger partial charge in [-0.2, -0.15) is 0 Å². The van der Waals surface area contributed by atoms with Crippen LogP contribution >= 0.6 is 15.9 Å². The molecule has 1 atom stereocenters. The molecular formula is C22H21BrN2O2. The molecule has 0 fully saturated rings. The topological polar surface area (TPSA) is 58.2 Å². The Kier molecular flexibility index (Phi) is 6.24. The fraction of sp³-hybridized carbons (Fsp3) is 0.182. The fourth-order valence-electron chi connectivity index (χ4n) is 2.99. The smallest absolute Gasteiger partial charge is 0.239 e. The Morgan fingerprint density at radius 1 is 0.926 bits per heavy atom. The molecule has 0 radical (unpaired) electrons. The van der Waals surface area contributed by atoms with Crippen molar-refractivity contribution in [3.8, 4) is 0 Å². The Morgan fingerprint density at radius 3 is 2.41 bits per heavy atom. The van der Waals surface area contributed by atoms with E-state index in [0.717, 1.165) is 26.4 Å². The van der Waals surface area contributed by atoms with Gasteiger partial charge in [-0.3, -0.25) is 9.59 Å². The molecule has 0 aromatic heterocycles. The van der Waals surface area contributed by atoms with E-state index in [1.165, 1.54) is 0 Å². The summed E-state index contributed by atoms with van der Waals surface area (Å²) in [5, 5.41) is 7.76. The van der Waals surface area contributed by atoms with Gasteiger partial charge in [0.05, 0.1) is 19.0 Å². The Morgan fingerprint density at radius 2 is 1.63 bits per heavy atom. The zero-order chi connectivity index (χ0) is 19.2. The second-order valence-corrected chi connectivity index (χ2v) is 7.35. The van der Waals surface area contributed by atoms with Crippen molar-refractivity contribution in [2.75, 3.05) is 6.54 Å². The molecule has 1 unspecified atom stereocenters. The van der Waals surface area contributed by atoms with Gasteiger partial charge in [-0.25, -0.2) is 0 Å². The predicted molar refractivity (Wildman–Crippen MR) is 111 cm³/mol. The van der Waals surface area contributed by atoms with Gasteiger partial charge in [-0.05, 0) is 41.0 Å². The van der Waals surface area contributed by atoms with Crippen LogP contribution in [-0.4, -0.2) is 18.4 Å². The number of amides is 2. The molecule has 0 aliphatic rings. The van der Waals surface area contributed by atoms with Crippen LogP contribution in [0, 0.1) is 0 Å². The SMILES string of the molecule is CC(NC(=O)CNC(=O)Cc1cccc2ccccc12)c1ccc(Br)cc1. The number of benzene rings is 3. The molecule has 0 spiro atoms. The minimum absolute atomic E-state index is 0.0372. The average molecular weight is 425 g/mol. The number of rotatable bonds is 6. The Labute approximate surface area is 167 Å². The van der Waals surface area contributed by atoms with Crippen LogP contribution in [0.25, 0.3) is 10.8 Å². The maximum absolute atomic E-state index is 12.3. The molecule has 0 saturated heterocycles. The molecule has 0 saturated carbocycles. The summed E-state index contributed by atoms with van der Waals surface area (Å²) < 4.78 is 0.991. The third-order valence-corrected chi connectivity index (χ3v) is 4.95. The first kappa shape index (κ1) is 19.1. The van der Waals surface area contributed by atoms with Crippen molar-refractivity contribution in [1.82, 2.24) is 10.6 Å². The zero-order valence-electron chi connectivity index (χ0n) is 15.0. The van der Waals surface area contributed by atoms with Gasteiger partial charge < -0.3 is 10.6 Å². The maximum atomic E-state index is 12.3. The van der Waals surface area contributed by atoms with Crippen molar-refractivity contribution < 1.29 is 9.59 Å². The molecule has 5 heteroatoms. The van der Waals surface area contributed by atoms with Crippen molar-refractivity contribution in [2.45, 2.75) is 19.4 Å². The first-order valence-corrected chi connectivity index (χ1v) is 9.60. The van der Waals surface area contributed by atoms with Crippen molar-refractivity contribution in [3.63, 3.8) is 0 Å². The lowest BCUT2D eigenvalue weighted by Gasteiger charge is -2.15. The van der Waals surface area contributed by atoms with E-state index in [0.29, 0.717) is 0 Å². The first-order chi connectivity index (χ1) is 13.0. The Balaban J connectivity index is 1.52. The molecule has 0 heterocycles. The number of carbonyl (C=O) groups is 2. The summed E-state index contributed by atoms with van der Waals surface area (Å²) in [4.78, 5) is 24.4. The van der Waals surface area contributed by atoms with Gasteiger partial charge in [0.1, 0.15) is 0 Å². The highest BCUT2D eigenvalue weighted by Gasteiger charge is 2.12. The molecule has 2 amide bonds. The monoisotopic (exact) mass is 424 g/mol. The number of fused-ring (bicyclic) bond motifs is 1. The van der Waals surface area contributed by atoms with Crippen molar-refractivity contribution in [2.24, 2.45) is 0 Å². The molecule has 0 aliphatic heterocycles. The van der Waals surface area contributed by atoms with E-state index in [-0.39, 0.29) is 30.8 Å². The van der Waals surface area contributed by atoms with E-state index < -0.39 is 0 Å². The van der Waals surface area contributed by atoms with Crippen LogP contribution < -0.4 is 10.6 Å². The number of hydrogen-bond acceptors (Lipinski definition) is 2. The Hall–Kier alpha value is -2.66. The van der Waals surface area contributed by atoms with Crippen molar-refractivity contribution >= 4 is 38.5 Å². The first-order valence-electron chi connectivity index (χ1n) is 8.81. The number of halogens is 1. The largest absolute Gasteiger partial charge is 0.348 e. The summed E-state index contributed by atoms with van der Waals surface area (Å²) in [5.41, 5.74) is 1.96. The summed E-state index contributed by atoms with van der Waals surface area (Å²) in [6.07, 6.45) is 0.247. The molecule has 138 valence electrons. The van der Waals surface area contributed by atoms with Crippen LogP contribution in [-0.2, 0) is 16.0 Å². The molecule has 3 aromatic rings. The summed E-state index contributed by atoms with van der Waals surface area (Å²) in [6, 6.07) is 21.5. The maximum Gasteiger partial charge on any atom is 0.239 e. The van der Waals surface area contributed by atoms with Gasteiger partial charge in [0.2, 0.25) is 11.8 Å². The lowest BCUT2D eigenvalue weighted by molar-refractivity contribution is -0.126. The molecule has 0 bridgehead atoms. The average Bonchev–Trinajstić information content (AvgIpc) is 2.67. The molecule has 0 aliphatic carbocycles. The van der Waals surface area contributed by atoms with E-state index in [4.69, 9.17) is 0 Å². The van der Waals surface area contributed by atoms with Crippen molar-refractivity contribution in [1.29, 1.82) is 0 Å². The zero-order valence-corrected chi connectivity index (χ0v) is 16.6. The van der Waals surface area contributed by atoms with Gasteiger partial charge in [-0.15, -0.1) is 0 Å². The van der Waals surface area contributed by atoms with Crippen LogP contribution in [0.3, 0.4) is 0 Å². The van der Waals surface area contributed by atoms with E-state index in [1.807, 2.05) is 73.7 Å². The highest BCUT2D eigenvalue weighted by molar-refractivity contribution is 9.10. The van der Waals surface area contributed by atoms with Crippen LogP contribution in [0.15, 0.2) is 71.2 Å². The number of carbonyl (C=O) groups excluding carboxylic acids is 2. The lowest BCUT2D eigenvalue weighted by Crippen LogP contribution is -2.38. The third kappa shape index (κ3) is 5.17. The molecule has 3 rings (SSSR count). The fourth-order valence-corrected chi connectivity index (χ4v) is 3.25. The number of nitrogens with one attached hydrogen (secondary N) is 2. The van der Waals surface area contributed by atoms with Crippen LogP contribution in [0.1, 0.15) is 24.1 Å². The van der Waals surface area contributed by atoms with E-state index in [2.05, 4.69) is 26.6 Å². The summed E-state index contributed by atoms with van der Waals surface area (Å²) in [6.45, 7) is 1.88. The highest BCUT2D eigenvalue weighted by atomic mass is 79.9. The Bertz CT molecular complexity index is 949. The van der Waals surface area contributed by atoms with E-state index in [9.17, 15) is 9.59 Å². The van der Waals surface area contributed by atoms with Gasteiger partial charge >= 0.3 is 0 Å². The predicted octanol–water partition coefficient (Wildman–Crippen LogP) is 4.14. The second kappa shape index (κ2) is 8.82. The van der Waals surface area contributed by atoms with Crippen LogP contribution in [0.2, 0.25) is 0 Å². The van der Waals surface area contributed by atoms with Crippen molar-refractivity contribution in [3.05, 3.63) is 82.3 Å². The molecule has 27 heavy (non-hydrogen) atoms. The summed E-state index contributed by atoms with van der Waals surface area (Å²) in [7, 11) is 0. The second-order valence-electron chi connectivity index (χ2n) is 6.43. The molecular weight excluding hydrogens is 404 g/mol. The summed E-state index contributed by atoms with van der Waals surface area (Å²) >= 11 is 3.39. The van der Waals surface area contributed by atoms with Gasteiger partial charge in [0, 0.05) is 4.47 Å². The van der Waals surface area contributed by atoms with Gasteiger partial charge in [0.15, 0.2) is 0 Å². The summed E-state index contributed by atoms with van der Waals surface area (Å²) in [5.74, 6) is -0.380. The molecule has 2 N–H and O–H groups in total. The normalized spacial score (nSPS) is 11.8. The van der Waals surface area contributed by atoms with Gasteiger partial charge in [-0.1, -0.05) is 70.5 Å². The van der Waals surface area contributed by atoms with Gasteiger partial charge in [0.25, 0.3) is 0 Å². The number of hydrogen-bond donors (Lipinski definition) is 2. The molecule has 3 aromatic carbocycles. The minimum atomic E-state index is -0.211.